The predicted octanol–water partition coefficient (Wildman–Crippen LogP) is 3.30. The van der Waals surface area contributed by atoms with Crippen molar-refractivity contribution in [3.05, 3.63) is 18.0 Å². The van der Waals surface area contributed by atoms with Gasteiger partial charge in [-0.25, -0.2) is 0 Å². The topological polar surface area (TPSA) is 64.3 Å². The molecule has 3 aliphatic rings. The zero-order chi connectivity index (χ0) is 16.0. The van der Waals surface area contributed by atoms with Crippen LogP contribution in [0.3, 0.4) is 0 Å². The predicted molar refractivity (Wildman–Crippen MR) is 91.2 cm³/mol. The van der Waals surface area contributed by atoms with Gasteiger partial charge in [-0.3, -0.25) is 0 Å². The Morgan fingerprint density at radius 3 is 2.79 bits per heavy atom. The van der Waals surface area contributed by atoms with E-state index in [4.69, 9.17) is 9.84 Å². The zero-order valence-corrected chi connectivity index (χ0v) is 14.1. The Labute approximate surface area is 142 Å². The molecule has 1 saturated heterocycles. The molecule has 0 bridgehead atoms. The molecule has 1 N–H and O–H groups in total. The Balaban J connectivity index is 1.35. The molecule has 3 fully saturated rings. The maximum absolute atomic E-state index is 6.21. The zero-order valence-electron chi connectivity index (χ0n) is 14.1. The number of aromatic nitrogens is 4. The summed E-state index contributed by atoms with van der Waals surface area (Å²) in [5, 5.41) is 17.0. The first-order chi connectivity index (χ1) is 11.8. The van der Waals surface area contributed by atoms with Gasteiger partial charge in [0.15, 0.2) is 11.5 Å². The summed E-state index contributed by atoms with van der Waals surface area (Å²) in [6.07, 6.45) is 11.0. The molecule has 128 valence electrons. The molecule has 1 aliphatic heterocycles. The van der Waals surface area contributed by atoms with Gasteiger partial charge >= 0.3 is 0 Å². The van der Waals surface area contributed by atoms with Crippen molar-refractivity contribution in [1.29, 1.82) is 0 Å². The van der Waals surface area contributed by atoms with Crippen LogP contribution in [0.4, 0.5) is 5.82 Å². The minimum absolute atomic E-state index is 0.119. The summed E-state index contributed by atoms with van der Waals surface area (Å²) in [4.78, 5) is 0. The van der Waals surface area contributed by atoms with Gasteiger partial charge in [-0.05, 0) is 50.7 Å². The lowest BCUT2D eigenvalue weighted by Gasteiger charge is -2.43. The Bertz CT molecular complexity index is 727. The van der Waals surface area contributed by atoms with Gasteiger partial charge in [0, 0.05) is 18.6 Å². The van der Waals surface area contributed by atoms with E-state index in [0.29, 0.717) is 12.0 Å². The van der Waals surface area contributed by atoms with Gasteiger partial charge in [-0.1, -0.05) is 19.3 Å². The van der Waals surface area contributed by atoms with Crippen LogP contribution in [0.15, 0.2) is 12.1 Å². The van der Waals surface area contributed by atoms with Crippen LogP contribution in [0, 0.1) is 0 Å². The molecule has 5 rings (SSSR count). The minimum atomic E-state index is 0.119. The highest BCUT2D eigenvalue weighted by Crippen LogP contribution is 2.40. The molecule has 2 aromatic rings. The van der Waals surface area contributed by atoms with E-state index in [2.05, 4.69) is 15.5 Å². The third-order valence-corrected chi connectivity index (χ3v) is 5.84. The summed E-state index contributed by atoms with van der Waals surface area (Å²) in [6, 6.07) is 4.50. The molecule has 2 aliphatic carbocycles. The number of anilines is 1. The summed E-state index contributed by atoms with van der Waals surface area (Å²) in [5.41, 5.74) is 0.965. The summed E-state index contributed by atoms with van der Waals surface area (Å²) < 4.78 is 8.13. The van der Waals surface area contributed by atoms with Gasteiger partial charge in [-0.15, -0.1) is 15.3 Å². The SMILES string of the molecule is c1cc2nnc(C3CC3)n2nc1NC1CCOC2(CCCCC2)C1. The van der Waals surface area contributed by atoms with E-state index in [-0.39, 0.29) is 5.60 Å². The monoisotopic (exact) mass is 327 g/mol. The van der Waals surface area contributed by atoms with Crippen molar-refractivity contribution in [2.75, 3.05) is 11.9 Å². The fourth-order valence-electron chi connectivity index (χ4n) is 4.38. The molecule has 1 spiro atoms. The standard InChI is InChI=1S/C18H25N5O/c1-2-9-18(10-3-1)12-14(8-11-24-18)19-15-6-7-16-20-21-17(13-4-5-13)23(16)22-15/h6-7,13-14H,1-5,8-12H2,(H,19,22). The maximum Gasteiger partial charge on any atom is 0.178 e. The fraction of sp³-hybridized carbons (Fsp3) is 0.722. The van der Waals surface area contributed by atoms with Crippen LogP contribution in [0.25, 0.3) is 5.65 Å². The third-order valence-electron chi connectivity index (χ3n) is 5.84. The largest absolute Gasteiger partial charge is 0.375 e. The van der Waals surface area contributed by atoms with Crippen LogP contribution in [0.1, 0.15) is 69.5 Å². The van der Waals surface area contributed by atoms with E-state index in [1.54, 1.807) is 0 Å². The second-order valence-corrected chi connectivity index (χ2v) is 7.75. The van der Waals surface area contributed by atoms with Crippen LogP contribution < -0.4 is 5.32 Å². The number of fused-ring (bicyclic) bond motifs is 1. The second-order valence-electron chi connectivity index (χ2n) is 7.75. The van der Waals surface area contributed by atoms with Crippen molar-refractivity contribution >= 4 is 11.5 Å². The number of hydrogen-bond donors (Lipinski definition) is 1. The first-order valence-electron chi connectivity index (χ1n) is 9.44. The summed E-state index contributed by atoms with van der Waals surface area (Å²) >= 11 is 0. The summed E-state index contributed by atoms with van der Waals surface area (Å²) in [6.45, 7) is 0.861. The number of ether oxygens (including phenoxy) is 1. The van der Waals surface area contributed by atoms with E-state index >= 15 is 0 Å². The Hall–Kier alpha value is -1.69. The highest BCUT2D eigenvalue weighted by atomic mass is 16.5. The van der Waals surface area contributed by atoms with Gasteiger partial charge in [0.1, 0.15) is 5.82 Å². The molecule has 2 saturated carbocycles. The molecule has 3 heterocycles. The molecule has 1 atom stereocenters. The molecule has 6 nitrogen and oxygen atoms in total. The Morgan fingerprint density at radius 1 is 1.08 bits per heavy atom. The second kappa shape index (κ2) is 5.69. The van der Waals surface area contributed by atoms with Gasteiger partial charge in [0.2, 0.25) is 0 Å². The summed E-state index contributed by atoms with van der Waals surface area (Å²) in [7, 11) is 0. The lowest BCUT2D eigenvalue weighted by Crippen LogP contribution is -2.45. The van der Waals surface area contributed by atoms with E-state index < -0.39 is 0 Å². The van der Waals surface area contributed by atoms with Crippen LogP contribution in [0.2, 0.25) is 0 Å². The Morgan fingerprint density at radius 2 is 1.96 bits per heavy atom. The number of rotatable bonds is 3. The van der Waals surface area contributed by atoms with Crippen molar-refractivity contribution in [2.45, 2.75) is 75.3 Å². The van der Waals surface area contributed by atoms with E-state index in [9.17, 15) is 0 Å². The lowest BCUT2D eigenvalue weighted by atomic mass is 9.78. The van der Waals surface area contributed by atoms with Gasteiger partial charge < -0.3 is 10.1 Å². The average molecular weight is 327 g/mol. The van der Waals surface area contributed by atoms with Crippen LogP contribution in [-0.4, -0.2) is 38.1 Å². The molecule has 0 radical (unpaired) electrons. The van der Waals surface area contributed by atoms with E-state index in [0.717, 1.165) is 36.7 Å². The molecular weight excluding hydrogens is 302 g/mol. The quantitative estimate of drug-likeness (QED) is 0.937. The van der Waals surface area contributed by atoms with Crippen LogP contribution in [0.5, 0.6) is 0 Å². The number of nitrogens with one attached hydrogen (secondary N) is 1. The fourth-order valence-corrected chi connectivity index (χ4v) is 4.38. The average Bonchev–Trinajstić information content (AvgIpc) is 3.35. The molecular formula is C18H25N5O. The van der Waals surface area contributed by atoms with E-state index in [1.165, 1.54) is 44.9 Å². The first-order valence-corrected chi connectivity index (χ1v) is 9.44. The Kier molecular flexibility index (Phi) is 3.47. The molecule has 6 heteroatoms. The third kappa shape index (κ3) is 2.66. The van der Waals surface area contributed by atoms with Gasteiger partial charge in [-0.2, -0.15) is 4.52 Å². The summed E-state index contributed by atoms with van der Waals surface area (Å²) in [5.74, 6) is 2.50. The molecule has 2 aromatic heterocycles. The van der Waals surface area contributed by atoms with Crippen molar-refractivity contribution in [2.24, 2.45) is 0 Å². The molecule has 0 amide bonds. The van der Waals surface area contributed by atoms with Crippen LogP contribution in [-0.2, 0) is 4.74 Å². The maximum atomic E-state index is 6.21. The normalized spacial score (nSPS) is 26.8. The number of nitrogens with zero attached hydrogens (tertiary/aromatic N) is 4. The smallest absolute Gasteiger partial charge is 0.178 e. The van der Waals surface area contributed by atoms with Crippen molar-refractivity contribution in [1.82, 2.24) is 19.8 Å². The molecule has 0 aromatic carbocycles. The lowest BCUT2D eigenvalue weighted by molar-refractivity contribution is -0.103. The van der Waals surface area contributed by atoms with Gasteiger partial charge in [0.05, 0.1) is 5.60 Å². The van der Waals surface area contributed by atoms with E-state index in [1.807, 2.05) is 16.6 Å². The van der Waals surface area contributed by atoms with Gasteiger partial charge in [0.25, 0.3) is 0 Å². The number of hydrogen-bond acceptors (Lipinski definition) is 5. The van der Waals surface area contributed by atoms with Crippen molar-refractivity contribution in [3.8, 4) is 0 Å². The highest BCUT2D eigenvalue weighted by molar-refractivity contribution is 5.45. The highest BCUT2D eigenvalue weighted by Gasteiger charge is 2.38. The van der Waals surface area contributed by atoms with Crippen molar-refractivity contribution < 1.29 is 4.74 Å². The molecule has 24 heavy (non-hydrogen) atoms. The van der Waals surface area contributed by atoms with Crippen molar-refractivity contribution in [3.63, 3.8) is 0 Å². The first kappa shape index (κ1) is 14.6. The minimum Gasteiger partial charge on any atom is -0.375 e. The van der Waals surface area contributed by atoms with Crippen LogP contribution >= 0.6 is 0 Å². The molecule has 1 unspecified atom stereocenters.